The van der Waals surface area contributed by atoms with Crippen molar-refractivity contribution in [2.75, 3.05) is 32.9 Å². The maximum atomic E-state index is 12.7. The van der Waals surface area contributed by atoms with Crippen molar-refractivity contribution in [3.05, 3.63) is 29.8 Å². The van der Waals surface area contributed by atoms with Crippen LogP contribution >= 0.6 is 0 Å². The number of ether oxygens (including phenoxy) is 2. The largest absolute Gasteiger partial charge is 0.494 e. The summed E-state index contributed by atoms with van der Waals surface area (Å²) in [7, 11) is 0. The maximum absolute atomic E-state index is 12.7. The van der Waals surface area contributed by atoms with Crippen molar-refractivity contribution in [2.24, 2.45) is 11.3 Å². The predicted molar refractivity (Wildman–Crippen MR) is 82.5 cm³/mol. The van der Waals surface area contributed by atoms with Gasteiger partial charge < -0.3 is 19.5 Å². The Bertz CT molecular complexity index is 617. The average molecular weight is 319 g/mol. The van der Waals surface area contributed by atoms with Crippen LogP contribution in [0, 0.1) is 11.3 Å². The van der Waals surface area contributed by atoms with E-state index in [1.807, 2.05) is 6.92 Å². The van der Waals surface area contributed by atoms with Gasteiger partial charge in [0.2, 0.25) is 0 Å². The molecule has 0 spiro atoms. The summed E-state index contributed by atoms with van der Waals surface area (Å²) in [6.07, 6.45) is 0.454. The van der Waals surface area contributed by atoms with Crippen molar-refractivity contribution in [3.8, 4) is 5.75 Å². The Morgan fingerprint density at radius 2 is 2.30 bits per heavy atom. The fourth-order valence-electron chi connectivity index (χ4n) is 3.52. The fourth-order valence-corrected chi connectivity index (χ4v) is 3.52. The van der Waals surface area contributed by atoms with E-state index in [4.69, 9.17) is 9.47 Å². The number of hydrogen-bond acceptors (Lipinski definition) is 4. The molecule has 124 valence electrons. The van der Waals surface area contributed by atoms with Gasteiger partial charge in [0.25, 0.3) is 5.91 Å². The molecule has 0 unspecified atom stereocenters. The number of hydrogen-bond donors (Lipinski definition) is 1. The maximum Gasteiger partial charge on any atom is 0.311 e. The molecule has 0 radical (unpaired) electrons. The van der Waals surface area contributed by atoms with Crippen LogP contribution < -0.4 is 4.74 Å². The summed E-state index contributed by atoms with van der Waals surface area (Å²) in [5, 5.41) is 9.67. The van der Waals surface area contributed by atoms with Crippen LogP contribution in [0.5, 0.6) is 5.75 Å². The number of benzene rings is 1. The van der Waals surface area contributed by atoms with Crippen molar-refractivity contribution in [2.45, 2.75) is 13.3 Å². The van der Waals surface area contributed by atoms with Crippen molar-refractivity contribution in [1.29, 1.82) is 0 Å². The second-order valence-corrected chi connectivity index (χ2v) is 6.13. The van der Waals surface area contributed by atoms with Crippen LogP contribution in [0.15, 0.2) is 24.3 Å². The third-order valence-corrected chi connectivity index (χ3v) is 4.81. The van der Waals surface area contributed by atoms with E-state index in [9.17, 15) is 14.7 Å². The highest BCUT2D eigenvalue weighted by atomic mass is 16.5. The Hall–Kier alpha value is -2.08. The average Bonchev–Trinajstić information content (AvgIpc) is 2.96. The van der Waals surface area contributed by atoms with Crippen LogP contribution in [0.1, 0.15) is 23.7 Å². The van der Waals surface area contributed by atoms with Gasteiger partial charge in [-0.3, -0.25) is 9.59 Å². The normalized spacial score (nSPS) is 26.7. The second kappa shape index (κ2) is 6.20. The van der Waals surface area contributed by atoms with Crippen molar-refractivity contribution in [1.82, 2.24) is 4.90 Å². The molecule has 1 N–H and O–H groups in total. The number of carboxylic acid groups (broad SMARTS) is 1. The number of fused-ring (bicyclic) bond motifs is 1. The topological polar surface area (TPSA) is 76.1 Å². The van der Waals surface area contributed by atoms with Crippen LogP contribution in [-0.2, 0) is 9.53 Å². The highest BCUT2D eigenvalue weighted by Crippen LogP contribution is 2.42. The van der Waals surface area contributed by atoms with Gasteiger partial charge in [0, 0.05) is 31.2 Å². The van der Waals surface area contributed by atoms with Crippen molar-refractivity contribution < 1.29 is 24.2 Å². The molecule has 0 aromatic heterocycles. The first kappa shape index (κ1) is 15.8. The minimum Gasteiger partial charge on any atom is -0.494 e. The molecule has 3 rings (SSSR count). The summed E-state index contributed by atoms with van der Waals surface area (Å²) < 4.78 is 10.8. The van der Waals surface area contributed by atoms with E-state index in [0.29, 0.717) is 44.1 Å². The minimum absolute atomic E-state index is 0.146. The summed E-state index contributed by atoms with van der Waals surface area (Å²) in [5.74, 6) is -0.482. The molecule has 1 aromatic carbocycles. The van der Waals surface area contributed by atoms with Gasteiger partial charge in [-0.25, -0.2) is 0 Å². The summed E-state index contributed by atoms with van der Waals surface area (Å²) in [6.45, 7) is 3.91. The number of carbonyl (C=O) groups excluding carboxylic acids is 1. The molecule has 0 saturated carbocycles. The molecule has 2 heterocycles. The molecule has 2 aliphatic heterocycles. The van der Waals surface area contributed by atoms with Gasteiger partial charge in [-0.15, -0.1) is 0 Å². The zero-order chi connectivity index (χ0) is 16.4. The van der Waals surface area contributed by atoms with Gasteiger partial charge in [0.15, 0.2) is 0 Å². The van der Waals surface area contributed by atoms with E-state index < -0.39 is 11.4 Å². The third-order valence-electron chi connectivity index (χ3n) is 4.81. The number of likely N-dealkylation sites (tertiary alicyclic amines) is 1. The van der Waals surface area contributed by atoms with E-state index >= 15 is 0 Å². The van der Waals surface area contributed by atoms with Gasteiger partial charge in [0.1, 0.15) is 5.75 Å². The minimum atomic E-state index is -0.870. The molecular weight excluding hydrogens is 298 g/mol. The lowest BCUT2D eigenvalue weighted by atomic mass is 9.74. The lowest BCUT2D eigenvalue weighted by Gasteiger charge is -2.33. The Kier molecular flexibility index (Phi) is 4.26. The highest BCUT2D eigenvalue weighted by Gasteiger charge is 2.54. The molecule has 0 aliphatic carbocycles. The number of carbonyl (C=O) groups is 2. The van der Waals surface area contributed by atoms with Crippen LogP contribution in [0.2, 0.25) is 0 Å². The van der Waals surface area contributed by atoms with Crippen LogP contribution in [0.4, 0.5) is 0 Å². The first-order chi connectivity index (χ1) is 11.1. The predicted octanol–water partition coefficient (Wildman–Crippen LogP) is 1.65. The molecule has 2 aliphatic rings. The molecule has 0 bridgehead atoms. The lowest BCUT2D eigenvalue weighted by molar-refractivity contribution is -0.157. The lowest BCUT2D eigenvalue weighted by Crippen LogP contribution is -2.45. The number of amides is 1. The van der Waals surface area contributed by atoms with Gasteiger partial charge in [-0.1, -0.05) is 6.07 Å². The van der Waals surface area contributed by atoms with E-state index in [1.54, 1.807) is 29.2 Å². The molecular formula is C17H21NO5. The molecule has 1 amide bonds. The Balaban J connectivity index is 1.81. The van der Waals surface area contributed by atoms with E-state index in [1.165, 1.54) is 0 Å². The summed E-state index contributed by atoms with van der Waals surface area (Å²) in [6, 6.07) is 7.02. The zero-order valence-corrected chi connectivity index (χ0v) is 13.2. The summed E-state index contributed by atoms with van der Waals surface area (Å²) in [5.41, 5.74) is -0.345. The standard InChI is InChI=1S/C17H21NO5/c1-2-23-14-5-3-4-12(8-14)15(19)18-9-13-10-22-7-6-17(13,11-18)16(20)21/h3-5,8,13H,2,6-7,9-11H2,1H3,(H,20,21)/t13-,17+/m1/s1. The van der Waals surface area contributed by atoms with Crippen molar-refractivity contribution >= 4 is 11.9 Å². The summed E-state index contributed by atoms with van der Waals surface area (Å²) >= 11 is 0. The van der Waals surface area contributed by atoms with Crippen molar-refractivity contribution in [3.63, 3.8) is 0 Å². The molecule has 2 saturated heterocycles. The van der Waals surface area contributed by atoms with Crippen LogP contribution in [0.25, 0.3) is 0 Å². The monoisotopic (exact) mass is 319 g/mol. The molecule has 2 fully saturated rings. The first-order valence-electron chi connectivity index (χ1n) is 7.90. The van der Waals surface area contributed by atoms with E-state index in [2.05, 4.69) is 0 Å². The highest BCUT2D eigenvalue weighted by molar-refractivity contribution is 5.95. The first-order valence-corrected chi connectivity index (χ1v) is 7.90. The molecule has 6 heteroatoms. The van der Waals surface area contributed by atoms with E-state index in [0.717, 1.165) is 0 Å². The Morgan fingerprint density at radius 1 is 1.48 bits per heavy atom. The van der Waals surface area contributed by atoms with Gasteiger partial charge in [-0.2, -0.15) is 0 Å². The number of aliphatic carboxylic acids is 1. The van der Waals surface area contributed by atoms with Gasteiger partial charge >= 0.3 is 5.97 Å². The third kappa shape index (κ3) is 2.79. The smallest absolute Gasteiger partial charge is 0.311 e. The molecule has 1 aromatic rings. The summed E-state index contributed by atoms with van der Waals surface area (Å²) in [4.78, 5) is 26.2. The van der Waals surface area contributed by atoms with Gasteiger partial charge in [-0.05, 0) is 31.5 Å². The Morgan fingerprint density at radius 3 is 3.00 bits per heavy atom. The zero-order valence-electron chi connectivity index (χ0n) is 13.2. The molecule has 6 nitrogen and oxygen atoms in total. The van der Waals surface area contributed by atoms with E-state index in [-0.39, 0.29) is 18.4 Å². The molecule has 2 atom stereocenters. The fraction of sp³-hybridized carbons (Fsp3) is 0.529. The quantitative estimate of drug-likeness (QED) is 0.913. The SMILES string of the molecule is CCOc1cccc(C(=O)N2C[C@@H]3COCC[C@]3(C(=O)O)C2)c1. The van der Waals surface area contributed by atoms with Crippen LogP contribution in [-0.4, -0.2) is 54.8 Å². The number of rotatable bonds is 4. The van der Waals surface area contributed by atoms with Gasteiger partial charge in [0.05, 0.1) is 18.6 Å². The van der Waals surface area contributed by atoms with Crippen LogP contribution in [0.3, 0.4) is 0 Å². The number of nitrogens with zero attached hydrogens (tertiary/aromatic N) is 1. The number of carboxylic acids is 1. The second-order valence-electron chi connectivity index (χ2n) is 6.13. The molecule has 23 heavy (non-hydrogen) atoms. The Labute approximate surface area is 135 Å².